The standard InChI is InChI=1S/C12H14FN3O/c1-8-4-12(11(15)5-10(8)13)16-2-3-17-9(6-14)7-16/h4-5,9H,2-3,7,15H2,1H3. The fourth-order valence-corrected chi connectivity index (χ4v) is 1.90. The molecule has 17 heavy (non-hydrogen) atoms. The average Bonchev–Trinajstić information content (AvgIpc) is 2.34. The van der Waals surface area contributed by atoms with E-state index in [1.54, 1.807) is 13.0 Å². The molecule has 0 aliphatic carbocycles. The minimum atomic E-state index is -0.450. The van der Waals surface area contributed by atoms with Gasteiger partial charge in [0.25, 0.3) is 0 Å². The van der Waals surface area contributed by atoms with Crippen LogP contribution in [0.2, 0.25) is 0 Å². The van der Waals surface area contributed by atoms with Crippen molar-refractivity contribution in [3.63, 3.8) is 0 Å². The maximum Gasteiger partial charge on any atom is 0.161 e. The van der Waals surface area contributed by atoms with E-state index in [-0.39, 0.29) is 5.82 Å². The fourth-order valence-electron chi connectivity index (χ4n) is 1.90. The van der Waals surface area contributed by atoms with Crippen molar-refractivity contribution in [2.24, 2.45) is 0 Å². The summed E-state index contributed by atoms with van der Waals surface area (Å²) in [6.45, 7) is 3.30. The Morgan fingerprint density at radius 1 is 1.59 bits per heavy atom. The zero-order valence-electron chi connectivity index (χ0n) is 9.61. The third kappa shape index (κ3) is 2.32. The van der Waals surface area contributed by atoms with Crippen molar-refractivity contribution in [1.29, 1.82) is 5.26 Å². The zero-order valence-corrected chi connectivity index (χ0v) is 9.61. The molecule has 5 heteroatoms. The highest BCUT2D eigenvalue weighted by Gasteiger charge is 2.22. The highest BCUT2D eigenvalue weighted by molar-refractivity contribution is 5.69. The summed E-state index contributed by atoms with van der Waals surface area (Å²) >= 11 is 0. The molecule has 0 amide bonds. The van der Waals surface area contributed by atoms with Crippen LogP contribution in [0.1, 0.15) is 5.56 Å². The lowest BCUT2D eigenvalue weighted by atomic mass is 10.1. The Hall–Kier alpha value is -1.80. The van der Waals surface area contributed by atoms with Crippen LogP contribution in [0.4, 0.5) is 15.8 Å². The van der Waals surface area contributed by atoms with Crippen molar-refractivity contribution in [3.05, 3.63) is 23.5 Å². The van der Waals surface area contributed by atoms with Crippen LogP contribution in [0.25, 0.3) is 0 Å². The Morgan fingerprint density at radius 3 is 3.06 bits per heavy atom. The molecule has 0 aromatic heterocycles. The molecule has 0 spiro atoms. The molecular formula is C12H14FN3O. The summed E-state index contributed by atoms with van der Waals surface area (Å²) in [7, 11) is 0. The van der Waals surface area contributed by atoms with Crippen LogP contribution >= 0.6 is 0 Å². The van der Waals surface area contributed by atoms with Gasteiger partial charge >= 0.3 is 0 Å². The summed E-state index contributed by atoms with van der Waals surface area (Å²) in [5.41, 5.74) is 7.52. The van der Waals surface area contributed by atoms with Crippen LogP contribution in [0, 0.1) is 24.1 Å². The first-order valence-electron chi connectivity index (χ1n) is 5.43. The van der Waals surface area contributed by atoms with E-state index in [1.807, 2.05) is 4.90 Å². The normalized spacial score (nSPS) is 20.1. The molecule has 90 valence electrons. The minimum Gasteiger partial charge on any atom is -0.397 e. The predicted octanol–water partition coefficient (Wildman–Crippen LogP) is 1.45. The minimum absolute atomic E-state index is 0.309. The van der Waals surface area contributed by atoms with Crippen LogP contribution in [0.3, 0.4) is 0 Å². The number of benzene rings is 1. The number of nitriles is 1. The molecule has 1 aliphatic heterocycles. The lowest BCUT2D eigenvalue weighted by Gasteiger charge is -2.32. The molecule has 1 unspecified atom stereocenters. The van der Waals surface area contributed by atoms with Crippen molar-refractivity contribution in [1.82, 2.24) is 0 Å². The molecule has 1 aromatic rings. The summed E-state index contributed by atoms with van der Waals surface area (Å²) in [5.74, 6) is -0.309. The van der Waals surface area contributed by atoms with E-state index < -0.39 is 6.10 Å². The second-order valence-corrected chi connectivity index (χ2v) is 4.09. The molecule has 1 atom stereocenters. The quantitative estimate of drug-likeness (QED) is 0.748. The highest BCUT2D eigenvalue weighted by Crippen LogP contribution is 2.27. The molecule has 0 bridgehead atoms. The second-order valence-electron chi connectivity index (χ2n) is 4.09. The molecule has 1 saturated heterocycles. The summed E-state index contributed by atoms with van der Waals surface area (Å²) < 4.78 is 18.5. The molecule has 1 heterocycles. The molecule has 1 aromatic carbocycles. The van der Waals surface area contributed by atoms with Gasteiger partial charge in [-0.1, -0.05) is 0 Å². The van der Waals surface area contributed by atoms with Crippen LogP contribution in [-0.2, 0) is 4.74 Å². The predicted molar refractivity (Wildman–Crippen MR) is 63.1 cm³/mol. The van der Waals surface area contributed by atoms with E-state index in [9.17, 15) is 4.39 Å². The van der Waals surface area contributed by atoms with Crippen molar-refractivity contribution < 1.29 is 9.13 Å². The number of anilines is 2. The maximum absolute atomic E-state index is 13.3. The molecule has 2 N–H and O–H groups in total. The number of hydrogen-bond acceptors (Lipinski definition) is 4. The largest absolute Gasteiger partial charge is 0.397 e. The van der Waals surface area contributed by atoms with Gasteiger partial charge in [-0.2, -0.15) is 5.26 Å². The molecule has 4 nitrogen and oxygen atoms in total. The number of aryl methyl sites for hydroxylation is 1. The number of nitrogens with zero attached hydrogens (tertiary/aromatic N) is 2. The van der Waals surface area contributed by atoms with Crippen LogP contribution < -0.4 is 10.6 Å². The summed E-state index contributed by atoms with van der Waals surface area (Å²) in [6.07, 6.45) is -0.450. The van der Waals surface area contributed by atoms with Gasteiger partial charge < -0.3 is 15.4 Å². The van der Waals surface area contributed by atoms with E-state index in [1.165, 1.54) is 6.07 Å². The van der Waals surface area contributed by atoms with E-state index in [4.69, 9.17) is 15.7 Å². The number of morpholine rings is 1. The van der Waals surface area contributed by atoms with Crippen molar-refractivity contribution in [2.45, 2.75) is 13.0 Å². The molecule has 2 rings (SSSR count). The van der Waals surface area contributed by atoms with Gasteiger partial charge in [-0.25, -0.2) is 4.39 Å². The fraction of sp³-hybridized carbons (Fsp3) is 0.417. The number of hydrogen-bond donors (Lipinski definition) is 1. The van der Waals surface area contributed by atoms with Gasteiger partial charge in [-0.05, 0) is 24.6 Å². The lowest BCUT2D eigenvalue weighted by molar-refractivity contribution is 0.0765. The van der Waals surface area contributed by atoms with E-state index >= 15 is 0 Å². The van der Waals surface area contributed by atoms with Crippen molar-refractivity contribution in [2.75, 3.05) is 30.3 Å². The number of nitrogen functional groups attached to an aromatic ring is 1. The van der Waals surface area contributed by atoms with Crippen LogP contribution in [-0.4, -0.2) is 25.8 Å². The molecular weight excluding hydrogens is 221 g/mol. The van der Waals surface area contributed by atoms with Crippen LogP contribution in [0.5, 0.6) is 0 Å². The highest BCUT2D eigenvalue weighted by atomic mass is 19.1. The number of halogens is 1. The van der Waals surface area contributed by atoms with Gasteiger partial charge in [0.1, 0.15) is 5.82 Å². The third-order valence-corrected chi connectivity index (χ3v) is 2.86. The number of ether oxygens (including phenoxy) is 1. The first kappa shape index (κ1) is 11.7. The van der Waals surface area contributed by atoms with E-state index in [2.05, 4.69) is 6.07 Å². The third-order valence-electron chi connectivity index (χ3n) is 2.86. The number of nitrogens with two attached hydrogens (primary N) is 1. The van der Waals surface area contributed by atoms with Gasteiger partial charge in [0, 0.05) is 6.54 Å². The second kappa shape index (κ2) is 4.60. The smallest absolute Gasteiger partial charge is 0.161 e. The Kier molecular flexibility index (Phi) is 3.16. The SMILES string of the molecule is Cc1cc(N2CCOC(C#N)C2)c(N)cc1F. The Labute approximate surface area is 99.4 Å². The summed E-state index contributed by atoms with van der Waals surface area (Å²) in [5, 5.41) is 8.83. The average molecular weight is 235 g/mol. The lowest BCUT2D eigenvalue weighted by Crippen LogP contribution is -2.42. The van der Waals surface area contributed by atoms with Gasteiger partial charge in [0.05, 0.1) is 30.6 Å². The van der Waals surface area contributed by atoms with Gasteiger partial charge in [-0.3, -0.25) is 0 Å². The molecule has 0 radical (unpaired) electrons. The topological polar surface area (TPSA) is 62.3 Å². The van der Waals surface area contributed by atoms with E-state index in [0.29, 0.717) is 30.9 Å². The molecule has 1 fully saturated rings. The van der Waals surface area contributed by atoms with Crippen molar-refractivity contribution in [3.8, 4) is 6.07 Å². The van der Waals surface area contributed by atoms with E-state index in [0.717, 1.165) is 5.69 Å². The molecule has 0 saturated carbocycles. The Morgan fingerprint density at radius 2 is 2.35 bits per heavy atom. The zero-order chi connectivity index (χ0) is 12.4. The van der Waals surface area contributed by atoms with Gasteiger partial charge in [0.15, 0.2) is 6.10 Å². The summed E-state index contributed by atoms with van der Waals surface area (Å²) in [4.78, 5) is 1.96. The van der Waals surface area contributed by atoms with Crippen molar-refractivity contribution >= 4 is 11.4 Å². The monoisotopic (exact) mass is 235 g/mol. The van der Waals surface area contributed by atoms with Gasteiger partial charge in [-0.15, -0.1) is 0 Å². The summed E-state index contributed by atoms with van der Waals surface area (Å²) in [6, 6.07) is 5.10. The first-order chi connectivity index (χ1) is 8.11. The number of rotatable bonds is 1. The first-order valence-corrected chi connectivity index (χ1v) is 5.43. The molecule has 1 aliphatic rings. The van der Waals surface area contributed by atoms with Gasteiger partial charge in [0.2, 0.25) is 0 Å². The Balaban J connectivity index is 2.28. The maximum atomic E-state index is 13.3. The van der Waals surface area contributed by atoms with Crippen LogP contribution in [0.15, 0.2) is 12.1 Å². The Bertz CT molecular complexity index is 470.